The molecule has 98 valence electrons. The van der Waals surface area contributed by atoms with E-state index in [0.717, 1.165) is 19.3 Å². The summed E-state index contributed by atoms with van der Waals surface area (Å²) in [6.07, 6.45) is 2.92. The van der Waals surface area contributed by atoms with E-state index in [4.69, 9.17) is 0 Å². The Labute approximate surface area is 102 Å². The van der Waals surface area contributed by atoms with Crippen molar-refractivity contribution in [2.24, 2.45) is 0 Å². The van der Waals surface area contributed by atoms with Crippen molar-refractivity contribution in [2.45, 2.75) is 32.6 Å². The minimum absolute atomic E-state index is 0.354. The van der Waals surface area contributed by atoms with Gasteiger partial charge in [-0.25, -0.2) is 22.0 Å². The standard InChI is InChI=1S/C13H11F5/c1-2-3-4-5-6-7-8-9(14)11(16)13(18)12(17)10(8)15/h2-5H2,1H3. The summed E-state index contributed by atoms with van der Waals surface area (Å²) in [4.78, 5) is 0. The molecular formula is C13H11F5. The molecule has 0 atom stereocenters. The van der Waals surface area contributed by atoms with Crippen molar-refractivity contribution in [2.75, 3.05) is 0 Å². The number of benzene rings is 1. The van der Waals surface area contributed by atoms with Gasteiger partial charge in [-0.1, -0.05) is 31.6 Å². The van der Waals surface area contributed by atoms with Crippen LogP contribution in [0.2, 0.25) is 0 Å². The second-order valence-electron chi connectivity index (χ2n) is 3.70. The molecule has 1 aromatic carbocycles. The minimum Gasteiger partial charge on any atom is -0.202 e. The summed E-state index contributed by atoms with van der Waals surface area (Å²) in [6.45, 7) is 1.97. The summed E-state index contributed by atoms with van der Waals surface area (Å²) in [6, 6.07) is 0. The van der Waals surface area contributed by atoms with Gasteiger partial charge in [0.05, 0.1) is 0 Å². The summed E-state index contributed by atoms with van der Waals surface area (Å²) < 4.78 is 64.6. The van der Waals surface area contributed by atoms with Crippen LogP contribution in [0, 0.1) is 40.9 Å². The average Bonchev–Trinajstić information content (AvgIpc) is 2.37. The fraction of sp³-hybridized carbons (Fsp3) is 0.385. The van der Waals surface area contributed by atoms with E-state index in [2.05, 4.69) is 5.92 Å². The monoisotopic (exact) mass is 262 g/mol. The van der Waals surface area contributed by atoms with Gasteiger partial charge < -0.3 is 0 Å². The Balaban J connectivity index is 3.03. The van der Waals surface area contributed by atoms with Gasteiger partial charge in [0, 0.05) is 6.42 Å². The highest BCUT2D eigenvalue weighted by molar-refractivity contribution is 5.38. The van der Waals surface area contributed by atoms with Crippen molar-refractivity contribution in [1.29, 1.82) is 0 Å². The molecule has 0 unspecified atom stereocenters. The largest absolute Gasteiger partial charge is 0.202 e. The predicted molar refractivity (Wildman–Crippen MR) is 57.3 cm³/mol. The van der Waals surface area contributed by atoms with Crippen LogP contribution in [-0.2, 0) is 0 Å². The van der Waals surface area contributed by atoms with Gasteiger partial charge in [-0.05, 0) is 6.42 Å². The molecule has 0 aliphatic heterocycles. The van der Waals surface area contributed by atoms with Crippen molar-refractivity contribution in [3.8, 4) is 11.8 Å². The van der Waals surface area contributed by atoms with Crippen molar-refractivity contribution in [3.63, 3.8) is 0 Å². The minimum atomic E-state index is -2.17. The zero-order valence-electron chi connectivity index (χ0n) is 9.72. The van der Waals surface area contributed by atoms with Crippen LogP contribution in [0.3, 0.4) is 0 Å². The van der Waals surface area contributed by atoms with Crippen molar-refractivity contribution >= 4 is 0 Å². The normalized spacial score (nSPS) is 10.1. The van der Waals surface area contributed by atoms with E-state index in [1.165, 1.54) is 0 Å². The van der Waals surface area contributed by atoms with Gasteiger partial charge in [-0.3, -0.25) is 0 Å². The Morgan fingerprint density at radius 3 is 1.78 bits per heavy atom. The fourth-order valence-corrected chi connectivity index (χ4v) is 1.33. The first-order valence-corrected chi connectivity index (χ1v) is 5.51. The Hall–Kier alpha value is -1.57. The lowest BCUT2D eigenvalue weighted by atomic mass is 10.1. The Kier molecular flexibility index (Phi) is 5.14. The lowest BCUT2D eigenvalue weighted by molar-refractivity contribution is 0.376. The number of halogens is 5. The molecular weight excluding hydrogens is 251 g/mol. The van der Waals surface area contributed by atoms with E-state index >= 15 is 0 Å². The van der Waals surface area contributed by atoms with Crippen LogP contribution in [0.5, 0.6) is 0 Å². The quantitative estimate of drug-likeness (QED) is 0.250. The fourth-order valence-electron chi connectivity index (χ4n) is 1.33. The molecule has 0 saturated heterocycles. The van der Waals surface area contributed by atoms with Crippen LogP contribution in [0.15, 0.2) is 0 Å². The summed E-state index contributed by atoms with van der Waals surface area (Å²) in [7, 11) is 0. The van der Waals surface area contributed by atoms with E-state index in [1.807, 2.05) is 12.8 Å². The lowest BCUT2D eigenvalue weighted by Gasteiger charge is -2.02. The molecule has 0 N–H and O–H groups in total. The van der Waals surface area contributed by atoms with Gasteiger partial charge >= 0.3 is 0 Å². The third-order valence-corrected chi connectivity index (χ3v) is 2.33. The zero-order chi connectivity index (χ0) is 13.7. The van der Waals surface area contributed by atoms with Gasteiger partial charge in [-0.2, -0.15) is 0 Å². The second-order valence-corrected chi connectivity index (χ2v) is 3.70. The van der Waals surface area contributed by atoms with E-state index in [1.54, 1.807) is 0 Å². The molecule has 0 aliphatic carbocycles. The molecule has 5 heteroatoms. The maximum Gasteiger partial charge on any atom is 0.200 e. The summed E-state index contributed by atoms with van der Waals surface area (Å²) in [5.74, 6) is -5.45. The number of unbranched alkanes of at least 4 members (excludes halogenated alkanes) is 3. The molecule has 0 nitrogen and oxygen atoms in total. The highest BCUT2D eigenvalue weighted by atomic mass is 19.2. The molecule has 0 amide bonds. The maximum atomic E-state index is 13.2. The first-order valence-electron chi connectivity index (χ1n) is 5.51. The van der Waals surface area contributed by atoms with Crippen LogP contribution in [0.1, 0.15) is 38.2 Å². The van der Waals surface area contributed by atoms with Crippen molar-refractivity contribution < 1.29 is 22.0 Å². The van der Waals surface area contributed by atoms with Crippen LogP contribution < -0.4 is 0 Å². The van der Waals surface area contributed by atoms with Gasteiger partial charge in [0.2, 0.25) is 5.82 Å². The first-order chi connectivity index (χ1) is 8.50. The average molecular weight is 262 g/mol. The highest BCUT2D eigenvalue weighted by Gasteiger charge is 2.24. The van der Waals surface area contributed by atoms with Crippen LogP contribution in [0.4, 0.5) is 22.0 Å². The van der Waals surface area contributed by atoms with E-state index < -0.39 is 34.6 Å². The zero-order valence-corrected chi connectivity index (χ0v) is 9.72. The van der Waals surface area contributed by atoms with Gasteiger partial charge in [0.1, 0.15) is 5.56 Å². The highest BCUT2D eigenvalue weighted by Crippen LogP contribution is 2.22. The van der Waals surface area contributed by atoms with Crippen LogP contribution in [-0.4, -0.2) is 0 Å². The van der Waals surface area contributed by atoms with E-state index in [0.29, 0.717) is 6.42 Å². The number of hydrogen-bond donors (Lipinski definition) is 0. The van der Waals surface area contributed by atoms with E-state index in [9.17, 15) is 22.0 Å². The summed E-state index contributed by atoms with van der Waals surface area (Å²) in [5.41, 5.74) is -1.07. The second kappa shape index (κ2) is 6.39. The Morgan fingerprint density at radius 2 is 1.28 bits per heavy atom. The van der Waals surface area contributed by atoms with E-state index in [-0.39, 0.29) is 0 Å². The topological polar surface area (TPSA) is 0 Å². The SMILES string of the molecule is CCCCCC#Cc1c(F)c(F)c(F)c(F)c1F. The Morgan fingerprint density at radius 1 is 0.778 bits per heavy atom. The number of rotatable bonds is 3. The molecule has 0 bridgehead atoms. The van der Waals surface area contributed by atoms with Crippen molar-refractivity contribution in [1.82, 2.24) is 0 Å². The first kappa shape index (κ1) is 14.5. The molecule has 0 spiro atoms. The van der Waals surface area contributed by atoms with Crippen LogP contribution >= 0.6 is 0 Å². The third kappa shape index (κ3) is 3.00. The lowest BCUT2D eigenvalue weighted by Crippen LogP contribution is -2.04. The van der Waals surface area contributed by atoms with Gasteiger partial charge in [0.25, 0.3) is 0 Å². The molecule has 1 aromatic rings. The molecule has 0 saturated carbocycles. The van der Waals surface area contributed by atoms with Gasteiger partial charge in [0.15, 0.2) is 23.3 Å². The molecule has 0 aromatic heterocycles. The Bertz CT molecular complexity index is 467. The number of hydrogen-bond acceptors (Lipinski definition) is 0. The van der Waals surface area contributed by atoms with Crippen molar-refractivity contribution in [3.05, 3.63) is 34.6 Å². The smallest absolute Gasteiger partial charge is 0.200 e. The summed E-state index contributed by atoms with van der Waals surface area (Å²) in [5, 5.41) is 0. The van der Waals surface area contributed by atoms with Gasteiger partial charge in [-0.15, -0.1) is 0 Å². The molecule has 0 heterocycles. The molecule has 0 aliphatic rings. The predicted octanol–water partition coefficient (Wildman–Crippen LogP) is 4.31. The molecule has 0 radical (unpaired) electrons. The maximum absolute atomic E-state index is 13.2. The molecule has 18 heavy (non-hydrogen) atoms. The molecule has 1 rings (SSSR count). The third-order valence-electron chi connectivity index (χ3n) is 2.33. The molecule has 0 fully saturated rings. The summed E-state index contributed by atoms with van der Waals surface area (Å²) >= 11 is 0. The van der Waals surface area contributed by atoms with Crippen LogP contribution in [0.25, 0.3) is 0 Å².